The van der Waals surface area contributed by atoms with Crippen molar-refractivity contribution < 1.29 is 13.9 Å². The second-order valence-corrected chi connectivity index (χ2v) is 6.64. The summed E-state index contributed by atoms with van der Waals surface area (Å²) in [6, 6.07) is 5.29. The first-order valence-electron chi connectivity index (χ1n) is 8.66. The molecule has 25 heavy (non-hydrogen) atoms. The highest BCUT2D eigenvalue weighted by Gasteiger charge is 2.32. The third kappa shape index (κ3) is 3.04. The predicted molar refractivity (Wildman–Crippen MR) is 92.0 cm³/mol. The minimum Gasteiger partial charge on any atom is -0.469 e. The largest absolute Gasteiger partial charge is 0.469 e. The third-order valence-corrected chi connectivity index (χ3v) is 5.15. The second-order valence-electron chi connectivity index (χ2n) is 6.64. The molecule has 132 valence electrons. The van der Waals surface area contributed by atoms with Crippen molar-refractivity contribution in [3.8, 4) is 0 Å². The summed E-state index contributed by atoms with van der Waals surface area (Å²) in [5, 5.41) is 0.302. The van der Waals surface area contributed by atoms with Gasteiger partial charge in [0.15, 0.2) is 0 Å². The van der Waals surface area contributed by atoms with Gasteiger partial charge in [0, 0.05) is 25.7 Å². The molecule has 1 aromatic heterocycles. The van der Waals surface area contributed by atoms with Crippen LogP contribution >= 0.6 is 0 Å². The Balaban J connectivity index is 1.73. The molecule has 2 fully saturated rings. The number of esters is 1. The summed E-state index contributed by atoms with van der Waals surface area (Å²) in [4.78, 5) is 25.5. The number of methoxy groups -OCH3 is 1. The van der Waals surface area contributed by atoms with Gasteiger partial charge in [-0.1, -0.05) is 6.07 Å². The van der Waals surface area contributed by atoms with Gasteiger partial charge >= 0.3 is 5.97 Å². The smallest absolute Gasteiger partial charge is 0.311 e. The number of hydrogen-bond donors (Lipinski definition) is 0. The first kappa shape index (κ1) is 16.2. The van der Waals surface area contributed by atoms with Gasteiger partial charge in [0.2, 0.25) is 5.95 Å². The van der Waals surface area contributed by atoms with Gasteiger partial charge in [-0.25, -0.2) is 14.4 Å². The quantitative estimate of drug-likeness (QED) is 0.791. The topological polar surface area (TPSA) is 58.6 Å². The van der Waals surface area contributed by atoms with Crippen LogP contribution in [0.1, 0.15) is 18.5 Å². The van der Waals surface area contributed by atoms with Crippen molar-refractivity contribution in [1.82, 2.24) is 14.9 Å². The lowest BCUT2D eigenvalue weighted by Crippen LogP contribution is -2.50. The molecule has 1 atom stereocenters. The van der Waals surface area contributed by atoms with E-state index in [1.54, 1.807) is 12.1 Å². The van der Waals surface area contributed by atoms with Crippen molar-refractivity contribution in [1.29, 1.82) is 0 Å². The standard InChI is InChI=1S/C18H21FN4O2/c1-25-16(24)10-15-17-13(19)5-2-6-14(17)20-18(21-15)23-9-8-22-7-3-4-12(22)11-23/h2,5-6,12H,3-4,7-11H2,1H3. The van der Waals surface area contributed by atoms with Crippen molar-refractivity contribution in [3.05, 3.63) is 29.7 Å². The van der Waals surface area contributed by atoms with Gasteiger partial charge < -0.3 is 9.64 Å². The van der Waals surface area contributed by atoms with E-state index in [9.17, 15) is 9.18 Å². The van der Waals surface area contributed by atoms with Crippen LogP contribution in [0.3, 0.4) is 0 Å². The summed E-state index contributed by atoms with van der Waals surface area (Å²) in [5.41, 5.74) is 0.913. The molecular weight excluding hydrogens is 323 g/mol. The molecule has 2 aliphatic rings. The molecule has 3 heterocycles. The van der Waals surface area contributed by atoms with Crippen LogP contribution in [-0.4, -0.2) is 60.2 Å². The molecule has 0 aliphatic carbocycles. The minimum atomic E-state index is -0.435. The first-order valence-corrected chi connectivity index (χ1v) is 8.66. The molecule has 2 aliphatic heterocycles. The van der Waals surface area contributed by atoms with Gasteiger partial charge in [-0.3, -0.25) is 9.69 Å². The van der Waals surface area contributed by atoms with Gasteiger partial charge in [0.05, 0.1) is 30.1 Å². The van der Waals surface area contributed by atoms with Crippen LogP contribution in [0.5, 0.6) is 0 Å². The fraction of sp³-hybridized carbons (Fsp3) is 0.500. The zero-order valence-corrected chi connectivity index (χ0v) is 14.2. The first-order chi connectivity index (χ1) is 12.2. The number of aromatic nitrogens is 2. The van der Waals surface area contributed by atoms with Gasteiger partial charge in [0.1, 0.15) is 5.82 Å². The normalized spacial score (nSPS) is 20.7. The lowest BCUT2D eigenvalue weighted by molar-refractivity contribution is -0.139. The van der Waals surface area contributed by atoms with E-state index in [2.05, 4.69) is 19.8 Å². The number of carbonyl (C=O) groups excluding carboxylic acids is 1. The molecule has 1 unspecified atom stereocenters. The Hall–Kier alpha value is -2.28. The summed E-state index contributed by atoms with van der Waals surface area (Å²) >= 11 is 0. The van der Waals surface area contributed by atoms with Crippen LogP contribution in [0.25, 0.3) is 10.9 Å². The molecule has 6 nitrogen and oxygen atoms in total. The Kier molecular flexibility index (Phi) is 4.25. The van der Waals surface area contributed by atoms with E-state index < -0.39 is 11.8 Å². The van der Waals surface area contributed by atoms with E-state index in [4.69, 9.17) is 4.74 Å². The highest BCUT2D eigenvalue weighted by molar-refractivity contribution is 5.86. The monoisotopic (exact) mass is 344 g/mol. The number of fused-ring (bicyclic) bond motifs is 2. The number of hydrogen-bond acceptors (Lipinski definition) is 6. The zero-order chi connectivity index (χ0) is 17.4. The number of ether oxygens (including phenoxy) is 1. The molecule has 0 radical (unpaired) electrons. The lowest BCUT2D eigenvalue weighted by atomic mass is 10.1. The molecule has 0 bridgehead atoms. The number of halogens is 1. The zero-order valence-electron chi connectivity index (χ0n) is 14.2. The number of benzene rings is 1. The van der Waals surface area contributed by atoms with Crippen LogP contribution in [-0.2, 0) is 16.0 Å². The molecule has 2 saturated heterocycles. The highest BCUT2D eigenvalue weighted by Crippen LogP contribution is 2.27. The fourth-order valence-corrected chi connectivity index (χ4v) is 3.85. The third-order valence-electron chi connectivity index (χ3n) is 5.15. The van der Waals surface area contributed by atoms with E-state index in [0.29, 0.717) is 28.6 Å². The molecule has 0 amide bonds. The molecule has 4 rings (SSSR count). The summed E-state index contributed by atoms with van der Waals surface area (Å²) in [7, 11) is 1.32. The van der Waals surface area contributed by atoms with Crippen LogP contribution in [0.15, 0.2) is 18.2 Å². The molecule has 0 N–H and O–H groups in total. The number of anilines is 1. The predicted octanol–water partition coefficient (Wildman–Crippen LogP) is 1.77. The Morgan fingerprint density at radius 3 is 3.04 bits per heavy atom. The lowest BCUT2D eigenvalue weighted by Gasteiger charge is -2.37. The molecule has 0 saturated carbocycles. The summed E-state index contributed by atoms with van der Waals surface area (Å²) in [6.07, 6.45) is 2.36. The maximum atomic E-state index is 14.3. The average molecular weight is 344 g/mol. The maximum Gasteiger partial charge on any atom is 0.311 e. The van der Waals surface area contributed by atoms with Crippen molar-refractivity contribution in [2.24, 2.45) is 0 Å². The Labute approximate surface area is 145 Å². The van der Waals surface area contributed by atoms with Crippen molar-refractivity contribution in [2.45, 2.75) is 25.3 Å². The van der Waals surface area contributed by atoms with E-state index in [1.165, 1.54) is 26.0 Å². The van der Waals surface area contributed by atoms with Crippen LogP contribution in [0.4, 0.5) is 10.3 Å². The minimum absolute atomic E-state index is 0.0627. The van der Waals surface area contributed by atoms with Gasteiger partial charge in [-0.2, -0.15) is 0 Å². The number of nitrogens with zero attached hydrogens (tertiary/aromatic N) is 4. The van der Waals surface area contributed by atoms with Crippen LogP contribution in [0, 0.1) is 5.82 Å². The van der Waals surface area contributed by atoms with Gasteiger partial charge in [-0.15, -0.1) is 0 Å². The molecular formula is C18H21FN4O2. The van der Waals surface area contributed by atoms with Crippen molar-refractivity contribution >= 4 is 22.8 Å². The summed E-state index contributed by atoms with van der Waals surface area (Å²) in [6.45, 7) is 3.87. The Bertz CT molecular complexity index is 813. The summed E-state index contributed by atoms with van der Waals surface area (Å²) < 4.78 is 19.0. The van der Waals surface area contributed by atoms with E-state index in [-0.39, 0.29) is 6.42 Å². The summed E-state index contributed by atoms with van der Waals surface area (Å²) in [5.74, 6) is -0.276. The molecule has 2 aromatic rings. The SMILES string of the molecule is COC(=O)Cc1nc(N2CCN3CCCC3C2)nc2cccc(F)c12. The van der Waals surface area contributed by atoms with E-state index in [1.807, 2.05) is 0 Å². The second kappa shape index (κ2) is 6.55. The molecule has 1 aromatic carbocycles. The maximum absolute atomic E-state index is 14.3. The van der Waals surface area contributed by atoms with Crippen LogP contribution < -0.4 is 4.90 Å². The van der Waals surface area contributed by atoms with Crippen molar-refractivity contribution in [3.63, 3.8) is 0 Å². The number of piperazine rings is 1. The molecule has 0 spiro atoms. The van der Waals surface area contributed by atoms with Gasteiger partial charge in [0.25, 0.3) is 0 Å². The van der Waals surface area contributed by atoms with Crippen molar-refractivity contribution in [2.75, 3.05) is 38.2 Å². The van der Waals surface area contributed by atoms with Gasteiger partial charge in [-0.05, 0) is 31.5 Å². The number of carbonyl (C=O) groups is 1. The fourth-order valence-electron chi connectivity index (χ4n) is 3.85. The van der Waals surface area contributed by atoms with E-state index >= 15 is 0 Å². The Morgan fingerprint density at radius 2 is 2.20 bits per heavy atom. The Morgan fingerprint density at radius 1 is 1.32 bits per heavy atom. The highest BCUT2D eigenvalue weighted by atomic mass is 19.1. The average Bonchev–Trinajstić information content (AvgIpc) is 3.09. The van der Waals surface area contributed by atoms with E-state index in [0.717, 1.165) is 26.2 Å². The molecule has 7 heteroatoms. The van der Waals surface area contributed by atoms with Crippen LogP contribution in [0.2, 0.25) is 0 Å². The number of rotatable bonds is 3.